The van der Waals surface area contributed by atoms with Gasteiger partial charge in [-0.15, -0.1) is 0 Å². The number of piperidine rings is 1. The lowest BCUT2D eigenvalue weighted by Gasteiger charge is -2.32. The number of hydrogen-bond donors (Lipinski definition) is 2. The first-order valence-corrected chi connectivity index (χ1v) is 12.4. The quantitative estimate of drug-likeness (QED) is 0.655. The molecule has 0 unspecified atom stereocenters. The average molecular weight is 444 g/mol. The van der Waals surface area contributed by atoms with Crippen molar-refractivity contribution < 1.29 is 13.2 Å². The Labute approximate surface area is 186 Å². The van der Waals surface area contributed by atoms with Crippen LogP contribution in [0.1, 0.15) is 36.5 Å². The number of carbonyl (C=O) groups excluding carboxylic acids is 1. The maximum Gasteiger partial charge on any atom is 0.240 e. The molecule has 1 aliphatic heterocycles. The number of aryl methyl sites for hydroxylation is 2. The third kappa shape index (κ3) is 6.63. The molecule has 0 atom stereocenters. The highest BCUT2D eigenvalue weighted by molar-refractivity contribution is 7.89. The van der Waals surface area contributed by atoms with E-state index in [1.165, 1.54) is 12.5 Å². The van der Waals surface area contributed by atoms with Crippen molar-refractivity contribution in [2.24, 2.45) is 5.92 Å². The molecule has 168 valence electrons. The minimum absolute atomic E-state index is 0.171. The number of amides is 1. The molecule has 1 aliphatic rings. The Hall–Kier alpha value is -2.22. The zero-order valence-electron chi connectivity index (χ0n) is 18.6. The van der Waals surface area contributed by atoms with Gasteiger partial charge in [-0.25, -0.2) is 13.1 Å². The zero-order chi connectivity index (χ0) is 22.4. The van der Waals surface area contributed by atoms with Gasteiger partial charge >= 0.3 is 0 Å². The molecule has 1 heterocycles. The third-order valence-electron chi connectivity index (χ3n) is 5.95. The van der Waals surface area contributed by atoms with Gasteiger partial charge in [-0.3, -0.25) is 4.79 Å². The summed E-state index contributed by atoms with van der Waals surface area (Å²) in [6.45, 7) is 8.57. The Morgan fingerprint density at radius 3 is 2.26 bits per heavy atom. The second kappa shape index (κ2) is 10.4. The number of rotatable bonds is 8. The van der Waals surface area contributed by atoms with Crippen LogP contribution in [0.15, 0.2) is 47.4 Å². The van der Waals surface area contributed by atoms with Crippen LogP contribution in [-0.4, -0.2) is 45.4 Å². The molecule has 2 aromatic rings. The van der Waals surface area contributed by atoms with Crippen LogP contribution in [0, 0.1) is 19.8 Å². The summed E-state index contributed by atoms with van der Waals surface area (Å²) < 4.78 is 28.5. The number of benzene rings is 2. The van der Waals surface area contributed by atoms with Crippen molar-refractivity contribution in [2.75, 3.05) is 31.5 Å². The SMILES string of the molecule is CC(=O)Nc1c(C)cc(S(=O)(=O)NCC2CCN(CCc3ccccc3)CC2)cc1C. The summed E-state index contributed by atoms with van der Waals surface area (Å²) in [5.41, 5.74) is 3.51. The van der Waals surface area contributed by atoms with Gasteiger partial charge in [-0.05, 0) is 80.9 Å². The summed E-state index contributed by atoms with van der Waals surface area (Å²) in [6, 6.07) is 13.7. The van der Waals surface area contributed by atoms with Crippen LogP contribution < -0.4 is 10.0 Å². The first kappa shape index (κ1) is 23.4. The fraction of sp³-hybridized carbons (Fsp3) is 0.458. The van der Waals surface area contributed by atoms with Crippen molar-refractivity contribution in [2.45, 2.75) is 44.9 Å². The van der Waals surface area contributed by atoms with E-state index in [1.54, 1.807) is 12.1 Å². The molecule has 0 aromatic heterocycles. The fourth-order valence-electron chi connectivity index (χ4n) is 4.11. The van der Waals surface area contributed by atoms with E-state index in [9.17, 15) is 13.2 Å². The minimum Gasteiger partial charge on any atom is -0.326 e. The van der Waals surface area contributed by atoms with Gasteiger partial charge in [0.1, 0.15) is 0 Å². The molecule has 0 spiro atoms. The van der Waals surface area contributed by atoms with Crippen molar-refractivity contribution >= 4 is 21.6 Å². The lowest BCUT2D eigenvalue weighted by molar-refractivity contribution is -0.114. The van der Waals surface area contributed by atoms with Crippen molar-refractivity contribution in [3.05, 3.63) is 59.2 Å². The highest BCUT2D eigenvalue weighted by Crippen LogP contribution is 2.25. The molecule has 31 heavy (non-hydrogen) atoms. The molecule has 1 fully saturated rings. The summed E-state index contributed by atoms with van der Waals surface area (Å²) >= 11 is 0. The standard InChI is InChI=1S/C24H33N3O3S/c1-18-15-23(16-19(2)24(18)26-20(3)28)31(29,30)25-17-22-10-13-27(14-11-22)12-9-21-7-5-4-6-8-21/h4-8,15-16,22,25H,9-14,17H2,1-3H3,(H,26,28). The van der Waals surface area contributed by atoms with E-state index in [4.69, 9.17) is 0 Å². The molecule has 6 nitrogen and oxygen atoms in total. The van der Waals surface area contributed by atoms with Gasteiger partial charge in [0.15, 0.2) is 0 Å². The van der Waals surface area contributed by atoms with Crippen LogP contribution in [0.3, 0.4) is 0 Å². The van der Waals surface area contributed by atoms with E-state index >= 15 is 0 Å². The van der Waals surface area contributed by atoms with Gasteiger partial charge in [0.2, 0.25) is 15.9 Å². The maximum absolute atomic E-state index is 12.8. The van der Waals surface area contributed by atoms with E-state index in [1.807, 2.05) is 19.9 Å². The first-order chi connectivity index (χ1) is 14.7. The summed E-state index contributed by atoms with van der Waals surface area (Å²) in [4.78, 5) is 14.1. The van der Waals surface area contributed by atoms with Crippen molar-refractivity contribution in [3.63, 3.8) is 0 Å². The number of likely N-dealkylation sites (tertiary alicyclic amines) is 1. The number of sulfonamides is 1. The average Bonchev–Trinajstić information content (AvgIpc) is 2.74. The first-order valence-electron chi connectivity index (χ1n) is 10.9. The molecule has 7 heteroatoms. The molecule has 0 saturated carbocycles. The Bertz CT molecular complexity index is 975. The number of anilines is 1. The number of carbonyl (C=O) groups is 1. The van der Waals surface area contributed by atoms with Crippen molar-refractivity contribution in [1.82, 2.24) is 9.62 Å². The van der Waals surface area contributed by atoms with E-state index in [2.05, 4.69) is 39.2 Å². The maximum atomic E-state index is 12.8. The number of hydrogen-bond acceptors (Lipinski definition) is 4. The molecule has 2 N–H and O–H groups in total. The molecular weight excluding hydrogens is 410 g/mol. The van der Waals surface area contributed by atoms with Gasteiger partial charge in [0.25, 0.3) is 0 Å². The van der Waals surface area contributed by atoms with Gasteiger partial charge in [-0.2, -0.15) is 0 Å². The molecule has 1 saturated heterocycles. The predicted octanol–water partition coefficient (Wildman–Crippen LogP) is 3.49. The predicted molar refractivity (Wildman–Crippen MR) is 125 cm³/mol. The largest absolute Gasteiger partial charge is 0.326 e. The van der Waals surface area contributed by atoms with Gasteiger partial charge < -0.3 is 10.2 Å². The van der Waals surface area contributed by atoms with Crippen LogP contribution in [0.25, 0.3) is 0 Å². The highest BCUT2D eigenvalue weighted by atomic mass is 32.2. The third-order valence-corrected chi connectivity index (χ3v) is 7.35. The van der Waals surface area contributed by atoms with E-state index in [0.717, 1.165) is 50.0 Å². The zero-order valence-corrected chi connectivity index (χ0v) is 19.5. The topological polar surface area (TPSA) is 78.5 Å². The Morgan fingerprint density at radius 1 is 1.06 bits per heavy atom. The second-order valence-corrected chi connectivity index (χ2v) is 10.3. The molecule has 2 aromatic carbocycles. The van der Waals surface area contributed by atoms with Crippen LogP contribution in [0.5, 0.6) is 0 Å². The van der Waals surface area contributed by atoms with Crippen LogP contribution in [0.2, 0.25) is 0 Å². The number of nitrogens with zero attached hydrogens (tertiary/aromatic N) is 1. The summed E-state index contributed by atoms with van der Waals surface area (Å²) in [5, 5.41) is 2.77. The van der Waals surface area contributed by atoms with Gasteiger partial charge in [-0.1, -0.05) is 30.3 Å². The van der Waals surface area contributed by atoms with Gasteiger partial charge in [0.05, 0.1) is 4.90 Å². The van der Waals surface area contributed by atoms with E-state index < -0.39 is 10.0 Å². The normalized spacial score (nSPS) is 15.7. The molecule has 0 aliphatic carbocycles. The van der Waals surface area contributed by atoms with Crippen LogP contribution >= 0.6 is 0 Å². The number of nitrogens with one attached hydrogen (secondary N) is 2. The Balaban J connectivity index is 1.50. The summed E-state index contributed by atoms with van der Waals surface area (Å²) in [5.74, 6) is 0.179. The van der Waals surface area contributed by atoms with E-state index in [0.29, 0.717) is 18.2 Å². The van der Waals surface area contributed by atoms with Gasteiger partial charge in [0, 0.05) is 25.7 Å². The van der Waals surface area contributed by atoms with Crippen LogP contribution in [-0.2, 0) is 21.2 Å². The lowest BCUT2D eigenvalue weighted by Crippen LogP contribution is -2.39. The molecule has 0 radical (unpaired) electrons. The monoisotopic (exact) mass is 443 g/mol. The van der Waals surface area contributed by atoms with Crippen molar-refractivity contribution in [1.29, 1.82) is 0 Å². The molecule has 1 amide bonds. The smallest absolute Gasteiger partial charge is 0.240 e. The summed E-state index contributed by atoms with van der Waals surface area (Å²) in [6.07, 6.45) is 3.04. The van der Waals surface area contributed by atoms with Crippen LogP contribution in [0.4, 0.5) is 5.69 Å². The molecule has 3 rings (SSSR count). The fourth-order valence-corrected chi connectivity index (χ4v) is 5.39. The molecular formula is C24H33N3O3S. The molecule has 0 bridgehead atoms. The summed E-state index contributed by atoms with van der Waals surface area (Å²) in [7, 11) is -3.59. The lowest BCUT2D eigenvalue weighted by atomic mass is 9.97. The second-order valence-electron chi connectivity index (χ2n) is 8.49. The Kier molecular flexibility index (Phi) is 7.86. The Morgan fingerprint density at radius 2 is 1.68 bits per heavy atom. The minimum atomic E-state index is -3.59. The highest BCUT2D eigenvalue weighted by Gasteiger charge is 2.23. The van der Waals surface area contributed by atoms with Crippen molar-refractivity contribution in [3.8, 4) is 0 Å². The van der Waals surface area contributed by atoms with E-state index in [-0.39, 0.29) is 10.8 Å².